The summed E-state index contributed by atoms with van der Waals surface area (Å²) in [6.07, 6.45) is 0. The highest BCUT2D eigenvalue weighted by atomic mass is 32.1. The van der Waals surface area contributed by atoms with Crippen LogP contribution in [0.1, 0.15) is 25.8 Å². The molecule has 0 radical (unpaired) electrons. The van der Waals surface area contributed by atoms with E-state index in [9.17, 15) is 5.21 Å². The highest BCUT2D eigenvalue weighted by molar-refractivity contribution is 7.15. The molecule has 6 heteroatoms. The van der Waals surface area contributed by atoms with E-state index in [0.29, 0.717) is 18.3 Å². The highest BCUT2D eigenvalue weighted by Gasteiger charge is 2.34. The van der Waals surface area contributed by atoms with Gasteiger partial charge in [0.2, 0.25) is 0 Å². The maximum Gasteiger partial charge on any atom is 0.307 e. The summed E-state index contributed by atoms with van der Waals surface area (Å²) in [5.41, 5.74) is -0.0271. The Kier molecular flexibility index (Phi) is 2.78. The van der Waals surface area contributed by atoms with Gasteiger partial charge in [0.1, 0.15) is 11.7 Å². The van der Waals surface area contributed by atoms with Crippen LogP contribution in [0.15, 0.2) is 0 Å². The Balaban J connectivity index is 2.25. The molecule has 2 rings (SSSR count). The molecule has 0 aliphatic carbocycles. The van der Waals surface area contributed by atoms with Gasteiger partial charge in [-0.3, -0.25) is 9.55 Å². The lowest BCUT2D eigenvalue weighted by atomic mass is 9.98. The summed E-state index contributed by atoms with van der Waals surface area (Å²) < 4.78 is -0.343. The van der Waals surface area contributed by atoms with Gasteiger partial charge in [0.05, 0.1) is 13.1 Å². The van der Waals surface area contributed by atoms with Gasteiger partial charge in [-0.05, 0) is 18.4 Å². The van der Waals surface area contributed by atoms with E-state index in [1.165, 1.54) is 11.3 Å². The molecule has 0 saturated carbocycles. The van der Waals surface area contributed by atoms with Crippen LogP contribution in [0.3, 0.4) is 0 Å². The van der Waals surface area contributed by atoms with Crippen LogP contribution >= 0.6 is 11.3 Å². The maximum atomic E-state index is 12.5. The van der Waals surface area contributed by atoms with Crippen molar-refractivity contribution in [3.05, 3.63) is 10.2 Å². The zero-order chi connectivity index (χ0) is 12.0. The van der Waals surface area contributed by atoms with Gasteiger partial charge in [-0.25, -0.2) is 0 Å². The van der Waals surface area contributed by atoms with E-state index in [2.05, 4.69) is 31.0 Å². The third-order valence-electron chi connectivity index (χ3n) is 2.72. The summed E-state index contributed by atoms with van der Waals surface area (Å²) in [7, 11) is 1.96. The molecule has 0 bridgehead atoms. The fourth-order valence-electron chi connectivity index (χ4n) is 1.70. The van der Waals surface area contributed by atoms with Crippen LogP contribution in [-0.4, -0.2) is 41.9 Å². The number of hydrogen-bond acceptors (Lipinski definition) is 5. The first-order valence-corrected chi connectivity index (χ1v) is 6.24. The van der Waals surface area contributed by atoms with Crippen molar-refractivity contribution < 1.29 is 0 Å². The van der Waals surface area contributed by atoms with E-state index < -0.39 is 0 Å². The van der Waals surface area contributed by atoms with E-state index in [4.69, 9.17) is 0 Å². The Bertz CT molecular complexity index is 386. The van der Waals surface area contributed by atoms with Gasteiger partial charge in [0, 0.05) is 5.41 Å². The van der Waals surface area contributed by atoms with Crippen LogP contribution < -0.4 is 4.65 Å². The van der Waals surface area contributed by atoms with Crippen LogP contribution in [0.25, 0.3) is 0 Å². The number of hydrogen-bond donors (Lipinski definition) is 0. The molecule has 1 aliphatic rings. The standard InChI is InChI=1S/C10H18N4OS/c1-10(2,3)8-11-12-9(16-8)14(15)6-5-13(4)7-14/h5-7H2,1-4H3. The first-order chi connectivity index (χ1) is 7.31. The third kappa shape index (κ3) is 2.10. The maximum absolute atomic E-state index is 12.5. The smallest absolute Gasteiger partial charge is 0.307 e. The Labute approximate surface area is 99.9 Å². The SMILES string of the molecule is CN1CC[N+]([O-])(c2nnc(C(C)(C)C)s2)C1. The van der Waals surface area contributed by atoms with Crippen molar-refractivity contribution in [3.63, 3.8) is 0 Å². The number of aromatic nitrogens is 2. The topological polar surface area (TPSA) is 52.1 Å². The number of hydroxylamine groups is 2. The Morgan fingerprint density at radius 3 is 2.50 bits per heavy atom. The lowest BCUT2D eigenvalue weighted by Crippen LogP contribution is -2.41. The van der Waals surface area contributed by atoms with Crippen LogP contribution in [0.5, 0.6) is 0 Å². The summed E-state index contributed by atoms with van der Waals surface area (Å²) >= 11 is 1.45. The summed E-state index contributed by atoms with van der Waals surface area (Å²) in [5.74, 6) is 0. The minimum Gasteiger partial charge on any atom is -0.625 e. The van der Waals surface area contributed by atoms with E-state index in [0.717, 1.165) is 11.6 Å². The van der Waals surface area contributed by atoms with Crippen molar-refractivity contribution in [1.29, 1.82) is 0 Å². The van der Waals surface area contributed by atoms with Crippen LogP contribution in [0.2, 0.25) is 0 Å². The number of nitrogens with zero attached hydrogens (tertiary/aromatic N) is 4. The predicted molar refractivity (Wildman–Crippen MR) is 66.1 cm³/mol. The number of rotatable bonds is 1. The number of quaternary nitrogens is 1. The second kappa shape index (κ2) is 3.73. The minimum absolute atomic E-state index is 0.0271. The van der Waals surface area contributed by atoms with Gasteiger partial charge in [-0.15, -0.1) is 5.10 Å². The first kappa shape index (κ1) is 11.9. The molecule has 0 N–H and O–H groups in total. The van der Waals surface area contributed by atoms with Gasteiger partial charge in [-0.2, -0.15) is 0 Å². The summed E-state index contributed by atoms with van der Waals surface area (Å²) in [6.45, 7) is 8.15. The van der Waals surface area contributed by atoms with Crippen molar-refractivity contribution in [1.82, 2.24) is 19.7 Å². The average molecular weight is 242 g/mol. The summed E-state index contributed by atoms with van der Waals surface area (Å²) in [5, 5.41) is 22.2. The molecule has 5 nitrogen and oxygen atoms in total. The van der Waals surface area contributed by atoms with Crippen molar-refractivity contribution in [2.24, 2.45) is 0 Å². The van der Waals surface area contributed by atoms with Crippen molar-refractivity contribution in [2.75, 3.05) is 26.8 Å². The fraction of sp³-hybridized carbons (Fsp3) is 0.800. The van der Waals surface area contributed by atoms with E-state index in [1.54, 1.807) is 0 Å². The van der Waals surface area contributed by atoms with E-state index in [1.807, 2.05) is 11.9 Å². The Morgan fingerprint density at radius 1 is 1.38 bits per heavy atom. The fourth-order valence-corrected chi connectivity index (χ4v) is 2.66. The lowest BCUT2D eigenvalue weighted by molar-refractivity contribution is 0.336. The molecular weight excluding hydrogens is 224 g/mol. The highest BCUT2D eigenvalue weighted by Crippen LogP contribution is 2.34. The second-order valence-electron chi connectivity index (χ2n) is 5.47. The van der Waals surface area contributed by atoms with Crippen molar-refractivity contribution in [3.8, 4) is 0 Å². The molecule has 1 aromatic heterocycles. The molecule has 0 amide bonds. The predicted octanol–water partition coefficient (Wildman–Crippen LogP) is 1.54. The first-order valence-electron chi connectivity index (χ1n) is 5.42. The third-order valence-corrected chi connectivity index (χ3v) is 4.20. The molecule has 0 aromatic carbocycles. The van der Waals surface area contributed by atoms with Crippen molar-refractivity contribution in [2.45, 2.75) is 26.2 Å². The Morgan fingerprint density at radius 2 is 2.06 bits per heavy atom. The molecule has 1 atom stereocenters. The van der Waals surface area contributed by atoms with Gasteiger partial charge < -0.3 is 5.21 Å². The van der Waals surface area contributed by atoms with Crippen LogP contribution in [0.4, 0.5) is 5.13 Å². The van der Waals surface area contributed by atoms with Crippen molar-refractivity contribution >= 4 is 16.5 Å². The molecular formula is C10H18N4OS. The van der Waals surface area contributed by atoms with Crippen LogP contribution in [0, 0.1) is 5.21 Å². The molecule has 16 heavy (non-hydrogen) atoms. The van der Waals surface area contributed by atoms with Gasteiger partial charge >= 0.3 is 5.13 Å². The molecule has 1 fully saturated rings. The van der Waals surface area contributed by atoms with E-state index in [-0.39, 0.29) is 10.1 Å². The molecule has 1 unspecified atom stereocenters. The molecule has 0 spiro atoms. The van der Waals surface area contributed by atoms with Gasteiger partial charge in [-0.1, -0.05) is 25.9 Å². The molecule has 90 valence electrons. The van der Waals surface area contributed by atoms with E-state index >= 15 is 0 Å². The monoisotopic (exact) mass is 242 g/mol. The average Bonchev–Trinajstić information content (AvgIpc) is 2.71. The minimum atomic E-state index is -0.343. The normalized spacial score (nSPS) is 27.6. The molecule has 1 saturated heterocycles. The molecule has 1 aliphatic heterocycles. The second-order valence-corrected chi connectivity index (χ2v) is 6.43. The summed E-state index contributed by atoms with van der Waals surface area (Å²) in [4.78, 5) is 2.03. The molecule has 2 heterocycles. The zero-order valence-corrected chi connectivity index (χ0v) is 11.0. The van der Waals surface area contributed by atoms with Crippen LogP contribution in [-0.2, 0) is 5.41 Å². The lowest BCUT2D eigenvalue weighted by Gasteiger charge is -2.33. The largest absolute Gasteiger partial charge is 0.625 e. The van der Waals surface area contributed by atoms with Gasteiger partial charge in [0.25, 0.3) is 0 Å². The Hall–Kier alpha value is -0.560. The molecule has 1 aromatic rings. The summed E-state index contributed by atoms with van der Waals surface area (Å²) in [6, 6.07) is 0. The zero-order valence-electron chi connectivity index (χ0n) is 10.2. The van der Waals surface area contributed by atoms with Gasteiger partial charge in [0.15, 0.2) is 0 Å². The quantitative estimate of drug-likeness (QED) is 0.554. The number of likely N-dealkylation sites (N-methyl/N-ethyl adjacent to an activating group) is 1.